The molecule has 0 spiro atoms. The van der Waals surface area contributed by atoms with Crippen LogP contribution < -0.4 is 4.90 Å². The van der Waals surface area contributed by atoms with Crippen LogP contribution in [0.4, 0.5) is 5.00 Å². The Kier molecular flexibility index (Phi) is 3.41. The van der Waals surface area contributed by atoms with Gasteiger partial charge < -0.3 is 4.90 Å². The molecular weight excluding hydrogens is 278 g/mol. The summed E-state index contributed by atoms with van der Waals surface area (Å²) in [7, 11) is 0. The molecule has 1 aliphatic rings. The van der Waals surface area contributed by atoms with Crippen LogP contribution in [0.3, 0.4) is 0 Å². The number of rotatable bonds is 4. The van der Waals surface area contributed by atoms with Crippen LogP contribution in [0.5, 0.6) is 0 Å². The molecule has 1 heterocycles. The lowest BCUT2D eigenvalue weighted by Gasteiger charge is -2.22. The van der Waals surface area contributed by atoms with E-state index in [0.29, 0.717) is 16.8 Å². The summed E-state index contributed by atoms with van der Waals surface area (Å²) in [6, 6.07) is 13.0. The smallest absolute Gasteiger partial charge is 0.162 e. The number of aromatic nitrogens is 1. The highest BCUT2D eigenvalue weighted by Crippen LogP contribution is 2.39. The quantitative estimate of drug-likeness (QED) is 0.858. The molecule has 96 valence electrons. The van der Waals surface area contributed by atoms with E-state index in [-0.39, 0.29) is 0 Å². The van der Waals surface area contributed by atoms with E-state index in [4.69, 9.17) is 11.6 Å². The monoisotopic (exact) mass is 289 g/mol. The SMILES string of the molecule is N#Cc1c(Cl)nsc1N(Cc1ccccc1)C1CC1. The fourth-order valence-corrected chi connectivity index (χ4v) is 3.19. The molecule has 3 rings (SSSR count). The number of hydrogen-bond acceptors (Lipinski definition) is 4. The summed E-state index contributed by atoms with van der Waals surface area (Å²) in [4.78, 5) is 2.26. The maximum absolute atomic E-state index is 9.21. The molecule has 0 aliphatic heterocycles. The van der Waals surface area contributed by atoms with E-state index >= 15 is 0 Å². The Morgan fingerprint density at radius 1 is 1.37 bits per heavy atom. The second-order valence-corrected chi connectivity index (χ2v) is 5.72. The predicted molar refractivity (Wildman–Crippen MR) is 77.5 cm³/mol. The van der Waals surface area contributed by atoms with Crippen LogP contribution in [0, 0.1) is 11.3 Å². The molecule has 0 amide bonds. The lowest BCUT2D eigenvalue weighted by atomic mass is 10.2. The zero-order valence-corrected chi connectivity index (χ0v) is 11.8. The van der Waals surface area contributed by atoms with Crippen molar-refractivity contribution in [2.75, 3.05) is 4.90 Å². The van der Waals surface area contributed by atoms with Gasteiger partial charge in [0.25, 0.3) is 0 Å². The van der Waals surface area contributed by atoms with Gasteiger partial charge in [-0.25, -0.2) is 0 Å². The second kappa shape index (κ2) is 5.20. The van der Waals surface area contributed by atoms with Crippen LogP contribution in [-0.2, 0) is 6.54 Å². The van der Waals surface area contributed by atoms with Crippen molar-refractivity contribution in [2.24, 2.45) is 0 Å². The molecule has 2 aromatic rings. The molecule has 1 saturated carbocycles. The average molecular weight is 290 g/mol. The standard InChI is InChI=1S/C14H12ClN3S/c15-13-12(8-16)14(19-17-13)18(11-6-7-11)9-10-4-2-1-3-5-10/h1-5,11H,6-7,9H2. The van der Waals surface area contributed by atoms with Gasteiger partial charge in [-0.05, 0) is 29.9 Å². The lowest BCUT2D eigenvalue weighted by molar-refractivity contribution is 0.802. The molecule has 1 aromatic carbocycles. The van der Waals surface area contributed by atoms with Crippen LogP contribution in [-0.4, -0.2) is 10.4 Å². The van der Waals surface area contributed by atoms with Gasteiger partial charge in [-0.15, -0.1) is 0 Å². The van der Waals surface area contributed by atoms with Crippen molar-refractivity contribution in [2.45, 2.75) is 25.4 Å². The van der Waals surface area contributed by atoms with Crippen LogP contribution >= 0.6 is 23.1 Å². The number of benzene rings is 1. The van der Waals surface area contributed by atoms with Crippen molar-refractivity contribution in [1.82, 2.24) is 4.37 Å². The van der Waals surface area contributed by atoms with Gasteiger partial charge in [-0.3, -0.25) is 0 Å². The number of nitriles is 1. The zero-order valence-electron chi connectivity index (χ0n) is 10.2. The van der Waals surface area contributed by atoms with E-state index in [2.05, 4.69) is 27.5 Å². The zero-order chi connectivity index (χ0) is 13.2. The first-order valence-electron chi connectivity index (χ1n) is 6.15. The Balaban J connectivity index is 1.91. The van der Waals surface area contributed by atoms with E-state index in [1.165, 1.54) is 29.9 Å². The number of anilines is 1. The summed E-state index contributed by atoms with van der Waals surface area (Å²) in [5, 5.41) is 10.4. The van der Waals surface area contributed by atoms with Gasteiger partial charge in [-0.1, -0.05) is 41.9 Å². The molecule has 5 heteroatoms. The highest BCUT2D eigenvalue weighted by molar-refractivity contribution is 7.10. The van der Waals surface area contributed by atoms with Crippen molar-refractivity contribution in [3.05, 3.63) is 46.6 Å². The fraction of sp³-hybridized carbons (Fsp3) is 0.286. The van der Waals surface area contributed by atoms with Crippen LogP contribution in [0.15, 0.2) is 30.3 Å². The Labute approximate surface area is 121 Å². The van der Waals surface area contributed by atoms with Gasteiger partial charge in [0, 0.05) is 12.6 Å². The van der Waals surface area contributed by atoms with Crippen LogP contribution in [0.25, 0.3) is 0 Å². The van der Waals surface area contributed by atoms with E-state index in [9.17, 15) is 5.26 Å². The van der Waals surface area contributed by atoms with Crippen molar-refractivity contribution in [3.63, 3.8) is 0 Å². The van der Waals surface area contributed by atoms with E-state index < -0.39 is 0 Å². The molecule has 0 N–H and O–H groups in total. The number of halogens is 1. The molecular formula is C14H12ClN3S. The normalized spacial score (nSPS) is 14.1. The maximum Gasteiger partial charge on any atom is 0.162 e. The molecule has 3 nitrogen and oxygen atoms in total. The minimum Gasteiger partial charge on any atom is -0.354 e. The van der Waals surface area contributed by atoms with Gasteiger partial charge in [0.2, 0.25) is 0 Å². The van der Waals surface area contributed by atoms with E-state index in [1.54, 1.807) is 0 Å². The summed E-state index contributed by atoms with van der Waals surface area (Å²) in [6.07, 6.45) is 2.35. The molecule has 1 fully saturated rings. The fourth-order valence-electron chi connectivity index (χ4n) is 2.09. The van der Waals surface area contributed by atoms with Crippen molar-refractivity contribution < 1.29 is 0 Å². The third-order valence-corrected chi connectivity index (χ3v) is 4.45. The minimum atomic E-state index is 0.321. The molecule has 0 atom stereocenters. The maximum atomic E-state index is 9.21. The highest BCUT2D eigenvalue weighted by Gasteiger charge is 2.32. The third kappa shape index (κ3) is 2.58. The van der Waals surface area contributed by atoms with E-state index in [1.807, 2.05) is 18.2 Å². The topological polar surface area (TPSA) is 39.9 Å². The first-order chi connectivity index (χ1) is 9.29. The van der Waals surface area contributed by atoms with Gasteiger partial charge in [0.15, 0.2) is 5.15 Å². The summed E-state index contributed by atoms with van der Waals surface area (Å²) in [5.74, 6) is 0. The molecule has 19 heavy (non-hydrogen) atoms. The average Bonchev–Trinajstić information content (AvgIpc) is 3.21. The largest absolute Gasteiger partial charge is 0.354 e. The van der Waals surface area contributed by atoms with Crippen molar-refractivity contribution in [1.29, 1.82) is 5.26 Å². The lowest BCUT2D eigenvalue weighted by Crippen LogP contribution is -2.24. The highest BCUT2D eigenvalue weighted by atomic mass is 35.5. The molecule has 0 saturated heterocycles. The first-order valence-corrected chi connectivity index (χ1v) is 7.30. The predicted octanol–water partition coefficient (Wildman–Crippen LogP) is 3.84. The van der Waals surface area contributed by atoms with Crippen LogP contribution in [0.1, 0.15) is 24.0 Å². The number of nitrogens with zero attached hydrogens (tertiary/aromatic N) is 3. The Morgan fingerprint density at radius 2 is 2.11 bits per heavy atom. The molecule has 1 aliphatic carbocycles. The first kappa shape index (κ1) is 12.5. The third-order valence-electron chi connectivity index (χ3n) is 3.19. The molecule has 0 radical (unpaired) electrons. The second-order valence-electron chi connectivity index (χ2n) is 4.61. The van der Waals surface area contributed by atoms with Crippen LogP contribution in [0.2, 0.25) is 5.15 Å². The van der Waals surface area contributed by atoms with Gasteiger partial charge in [0.1, 0.15) is 16.6 Å². The van der Waals surface area contributed by atoms with E-state index in [0.717, 1.165) is 11.5 Å². The van der Waals surface area contributed by atoms with Gasteiger partial charge >= 0.3 is 0 Å². The summed E-state index contributed by atoms with van der Waals surface area (Å²) < 4.78 is 4.10. The minimum absolute atomic E-state index is 0.321. The Bertz CT molecular complexity index is 613. The van der Waals surface area contributed by atoms with Crippen molar-refractivity contribution >= 4 is 28.1 Å². The van der Waals surface area contributed by atoms with Gasteiger partial charge in [-0.2, -0.15) is 9.64 Å². The summed E-state index contributed by atoms with van der Waals surface area (Å²) in [5.41, 5.74) is 1.75. The molecule has 0 bridgehead atoms. The van der Waals surface area contributed by atoms with Gasteiger partial charge in [0.05, 0.1) is 0 Å². The van der Waals surface area contributed by atoms with Crippen molar-refractivity contribution in [3.8, 4) is 6.07 Å². The number of hydrogen-bond donors (Lipinski definition) is 0. The Hall–Kier alpha value is -1.57. The summed E-state index contributed by atoms with van der Waals surface area (Å²) in [6.45, 7) is 0.804. The Morgan fingerprint density at radius 3 is 2.74 bits per heavy atom. The summed E-state index contributed by atoms with van der Waals surface area (Å²) >= 11 is 7.29. The molecule has 0 unspecified atom stereocenters. The molecule has 1 aromatic heterocycles.